The van der Waals surface area contributed by atoms with E-state index < -0.39 is 0 Å². The van der Waals surface area contributed by atoms with Crippen LogP contribution in [-0.2, 0) is 4.79 Å². The van der Waals surface area contributed by atoms with Gasteiger partial charge in [-0.25, -0.2) is 9.97 Å². The first-order valence-electron chi connectivity index (χ1n) is 7.25. The number of hydrazine groups is 1. The van der Waals surface area contributed by atoms with E-state index in [4.69, 9.17) is 0 Å². The van der Waals surface area contributed by atoms with Crippen LogP contribution in [0.15, 0.2) is 36.4 Å². The Bertz CT molecular complexity index is 668. The molecule has 0 saturated heterocycles. The molecule has 0 unspecified atom stereocenters. The molecule has 23 heavy (non-hydrogen) atoms. The van der Waals surface area contributed by atoms with Gasteiger partial charge in [-0.2, -0.15) is 0 Å². The van der Waals surface area contributed by atoms with Gasteiger partial charge < -0.3 is 5.32 Å². The lowest BCUT2D eigenvalue weighted by Gasteiger charge is -2.09. The first-order chi connectivity index (χ1) is 11.0. The van der Waals surface area contributed by atoms with E-state index in [-0.39, 0.29) is 24.8 Å². The van der Waals surface area contributed by atoms with E-state index in [9.17, 15) is 9.59 Å². The van der Waals surface area contributed by atoms with Crippen molar-refractivity contribution in [1.29, 1.82) is 0 Å². The number of nitrogens with zero attached hydrogens (tertiary/aromatic N) is 2. The van der Waals surface area contributed by atoms with Crippen molar-refractivity contribution >= 4 is 17.8 Å². The molecule has 0 atom stereocenters. The van der Waals surface area contributed by atoms with Gasteiger partial charge in [-0.3, -0.25) is 20.4 Å². The van der Waals surface area contributed by atoms with Gasteiger partial charge >= 0.3 is 0 Å². The summed E-state index contributed by atoms with van der Waals surface area (Å²) < 4.78 is 0. The molecule has 2 aromatic rings. The second-order valence-corrected chi connectivity index (χ2v) is 5.02. The fourth-order valence-corrected chi connectivity index (χ4v) is 1.95. The van der Waals surface area contributed by atoms with Gasteiger partial charge in [-0.1, -0.05) is 18.2 Å². The molecule has 0 radical (unpaired) electrons. The molecule has 0 fully saturated rings. The van der Waals surface area contributed by atoms with Gasteiger partial charge in [0, 0.05) is 29.9 Å². The predicted octanol–water partition coefficient (Wildman–Crippen LogP) is 1.36. The van der Waals surface area contributed by atoms with Gasteiger partial charge in [0.25, 0.3) is 5.91 Å². The third-order valence-electron chi connectivity index (χ3n) is 2.97. The molecule has 0 saturated carbocycles. The lowest BCUT2D eigenvalue weighted by Crippen LogP contribution is -2.34. The third kappa shape index (κ3) is 5.39. The van der Waals surface area contributed by atoms with Crippen molar-refractivity contribution < 1.29 is 9.59 Å². The molecule has 0 spiro atoms. The lowest BCUT2D eigenvalue weighted by molar-refractivity contribution is -0.120. The second-order valence-electron chi connectivity index (χ2n) is 5.02. The molecule has 1 aromatic carbocycles. The monoisotopic (exact) mass is 313 g/mol. The normalized spacial score (nSPS) is 10.0. The largest absolute Gasteiger partial charge is 0.352 e. The van der Waals surface area contributed by atoms with Crippen molar-refractivity contribution in [3.05, 3.63) is 53.3 Å². The number of benzene rings is 1. The smallest absolute Gasteiger partial charge is 0.251 e. The van der Waals surface area contributed by atoms with Crippen LogP contribution >= 0.6 is 0 Å². The summed E-state index contributed by atoms with van der Waals surface area (Å²) in [6.07, 6.45) is 0.149. The molecule has 7 heteroatoms. The van der Waals surface area contributed by atoms with Crippen molar-refractivity contribution in [2.24, 2.45) is 0 Å². The van der Waals surface area contributed by atoms with Crippen LogP contribution in [0.1, 0.15) is 28.2 Å². The fourth-order valence-electron chi connectivity index (χ4n) is 1.95. The van der Waals surface area contributed by atoms with Gasteiger partial charge in [-0.15, -0.1) is 0 Å². The van der Waals surface area contributed by atoms with Gasteiger partial charge in [-0.05, 0) is 32.0 Å². The number of hydrogen-bond donors (Lipinski definition) is 3. The first-order valence-corrected chi connectivity index (χ1v) is 7.25. The Hall–Kier alpha value is -2.96. The minimum Gasteiger partial charge on any atom is -0.352 e. The second kappa shape index (κ2) is 7.88. The van der Waals surface area contributed by atoms with Gasteiger partial charge in [0.15, 0.2) is 0 Å². The molecule has 1 aromatic heterocycles. The van der Waals surface area contributed by atoms with Crippen LogP contribution in [-0.4, -0.2) is 28.3 Å². The van der Waals surface area contributed by atoms with E-state index in [0.717, 1.165) is 11.4 Å². The molecule has 7 nitrogen and oxygen atoms in total. The number of carbonyl (C=O) groups excluding carboxylic acids is 2. The van der Waals surface area contributed by atoms with Crippen LogP contribution in [0.4, 0.5) is 5.95 Å². The molecule has 2 rings (SSSR count). The topological polar surface area (TPSA) is 96.0 Å². The maximum Gasteiger partial charge on any atom is 0.251 e. The zero-order chi connectivity index (χ0) is 16.7. The Kier molecular flexibility index (Phi) is 5.62. The standard InChI is InChI=1S/C16H19N5O2/c1-11-10-12(2)19-16(18-11)21-20-14(22)8-9-17-15(23)13-6-4-3-5-7-13/h3-7,10H,8-9H2,1-2H3,(H,17,23)(H,20,22)(H,18,19,21). The highest BCUT2D eigenvalue weighted by atomic mass is 16.2. The number of anilines is 1. The maximum absolute atomic E-state index is 11.8. The van der Waals surface area contributed by atoms with E-state index >= 15 is 0 Å². The lowest BCUT2D eigenvalue weighted by atomic mass is 10.2. The molecule has 0 bridgehead atoms. The number of carbonyl (C=O) groups is 2. The maximum atomic E-state index is 11.8. The average Bonchev–Trinajstić information content (AvgIpc) is 2.53. The van der Waals surface area contributed by atoms with Gasteiger partial charge in [0.05, 0.1) is 0 Å². The molecule has 3 N–H and O–H groups in total. The third-order valence-corrected chi connectivity index (χ3v) is 2.97. The van der Waals surface area contributed by atoms with Crippen molar-refractivity contribution in [2.75, 3.05) is 12.0 Å². The summed E-state index contributed by atoms with van der Waals surface area (Å²) in [6.45, 7) is 3.94. The van der Waals surface area contributed by atoms with Crippen LogP contribution in [0.2, 0.25) is 0 Å². The molecule has 0 aliphatic heterocycles. The Morgan fingerprint density at radius 3 is 2.35 bits per heavy atom. The fraction of sp³-hybridized carbons (Fsp3) is 0.250. The summed E-state index contributed by atoms with van der Waals surface area (Å²) in [4.78, 5) is 31.8. The Morgan fingerprint density at radius 1 is 1.04 bits per heavy atom. The van der Waals surface area contributed by atoms with E-state index in [0.29, 0.717) is 11.5 Å². The highest BCUT2D eigenvalue weighted by Gasteiger charge is 2.06. The van der Waals surface area contributed by atoms with Gasteiger partial charge in [0.1, 0.15) is 0 Å². The molecule has 120 valence electrons. The summed E-state index contributed by atoms with van der Waals surface area (Å²) in [5.41, 5.74) is 7.35. The van der Waals surface area contributed by atoms with Crippen LogP contribution in [0.5, 0.6) is 0 Å². The van der Waals surface area contributed by atoms with Gasteiger partial charge in [0.2, 0.25) is 11.9 Å². The molecular formula is C16H19N5O2. The van der Waals surface area contributed by atoms with Crippen molar-refractivity contribution in [1.82, 2.24) is 20.7 Å². The highest BCUT2D eigenvalue weighted by molar-refractivity contribution is 5.94. The number of nitrogens with one attached hydrogen (secondary N) is 3. The summed E-state index contributed by atoms with van der Waals surface area (Å²) in [5.74, 6) is -0.130. The minimum absolute atomic E-state index is 0.149. The molecule has 0 aliphatic carbocycles. The number of hydrogen-bond acceptors (Lipinski definition) is 5. The van der Waals surface area contributed by atoms with E-state index in [1.54, 1.807) is 24.3 Å². The summed E-state index contributed by atoms with van der Waals surface area (Å²) in [6, 6.07) is 10.7. The van der Waals surface area contributed by atoms with Crippen molar-refractivity contribution in [3.8, 4) is 0 Å². The molecule has 2 amide bonds. The van der Waals surface area contributed by atoms with E-state index in [2.05, 4.69) is 26.1 Å². The van der Waals surface area contributed by atoms with Crippen LogP contribution in [0.3, 0.4) is 0 Å². The minimum atomic E-state index is -0.263. The van der Waals surface area contributed by atoms with E-state index in [1.165, 1.54) is 0 Å². The summed E-state index contributed by atoms with van der Waals surface area (Å²) in [7, 11) is 0. The predicted molar refractivity (Wildman–Crippen MR) is 86.7 cm³/mol. The number of aryl methyl sites for hydroxylation is 2. The molecule has 0 aliphatic rings. The Balaban J connectivity index is 1.72. The van der Waals surface area contributed by atoms with Crippen molar-refractivity contribution in [3.63, 3.8) is 0 Å². The Morgan fingerprint density at radius 2 is 1.70 bits per heavy atom. The van der Waals surface area contributed by atoms with E-state index in [1.807, 2.05) is 26.0 Å². The molecule has 1 heterocycles. The van der Waals surface area contributed by atoms with Crippen LogP contribution in [0, 0.1) is 13.8 Å². The number of aromatic nitrogens is 2. The zero-order valence-corrected chi connectivity index (χ0v) is 13.1. The quantitative estimate of drug-likeness (QED) is 0.700. The molecular weight excluding hydrogens is 294 g/mol. The summed E-state index contributed by atoms with van der Waals surface area (Å²) in [5, 5.41) is 2.69. The first kappa shape index (κ1) is 16.4. The summed E-state index contributed by atoms with van der Waals surface area (Å²) >= 11 is 0. The zero-order valence-electron chi connectivity index (χ0n) is 13.1. The SMILES string of the molecule is Cc1cc(C)nc(NNC(=O)CCNC(=O)c2ccccc2)n1. The Labute approximate surface area is 134 Å². The average molecular weight is 313 g/mol. The number of amides is 2. The van der Waals surface area contributed by atoms with Crippen LogP contribution < -0.4 is 16.2 Å². The van der Waals surface area contributed by atoms with Crippen LogP contribution in [0.25, 0.3) is 0 Å². The van der Waals surface area contributed by atoms with Crippen molar-refractivity contribution in [2.45, 2.75) is 20.3 Å². The number of rotatable bonds is 6. The highest BCUT2D eigenvalue weighted by Crippen LogP contribution is 2.02.